The van der Waals surface area contributed by atoms with Gasteiger partial charge in [-0.1, -0.05) is 24.3 Å². The summed E-state index contributed by atoms with van der Waals surface area (Å²) in [5.41, 5.74) is 1.50. The van der Waals surface area contributed by atoms with E-state index in [4.69, 9.17) is 9.47 Å². The Balaban J connectivity index is 1.55. The Hall–Kier alpha value is -3.17. The lowest BCUT2D eigenvalue weighted by Gasteiger charge is -2.35. The molecule has 3 rings (SSSR count). The minimum absolute atomic E-state index is 0.00482. The number of benzene rings is 2. The number of ether oxygens (including phenoxy) is 2. The maximum atomic E-state index is 12.4. The highest BCUT2D eigenvalue weighted by molar-refractivity contribution is 5.76. The number of hydrogen-bond donors (Lipinski definition) is 2. The number of rotatable bonds is 10. The number of nitrogens with one attached hydrogen (secondary N) is 2. The second-order valence-electron chi connectivity index (χ2n) is 7.19. The van der Waals surface area contributed by atoms with Gasteiger partial charge in [-0.25, -0.2) is 0 Å². The summed E-state index contributed by atoms with van der Waals surface area (Å²) in [4.78, 5) is 25.4. The molecule has 1 amide bonds. The lowest BCUT2D eigenvalue weighted by atomic mass is 10.0. The van der Waals surface area contributed by atoms with Crippen molar-refractivity contribution in [1.29, 1.82) is 0 Å². The van der Waals surface area contributed by atoms with E-state index < -0.39 is 4.92 Å². The first-order valence-electron chi connectivity index (χ1n) is 10.3. The molecule has 9 nitrogen and oxygen atoms in total. The van der Waals surface area contributed by atoms with Crippen LogP contribution in [0, 0.1) is 10.1 Å². The van der Waals surface area contributed by atoms with Crippen LogP contribution < -0.4 is 15.4 Å². The molecular formula is C22H28N4O5. The first-order chi connectivity index (χ1) is 15.1. The van der Waals surface area contributed by atoms with Crippen LogP contribution in [0.3, 0.4) is 0 Å². The van der Waals surface area contributed by atoms with Crippen molar-refractivity contribution >= 4 is 17.3 Å². The second-order valence-corrected chi connectivity index (χ2v) is 7.19. The molecule has 0 unspecified atom stereocenters. The SMILES string of the molecule is COc1ccc([C@@H](CNC(=O)CCNc2ccccc2[N+](=O)[O-])N2CCOCC2)cc1. The highest BCUT2D eigenvalue weighted by Crippen LogP contribution is 2.24. The van der Waals surface area contributed by atoms with E-state index in [0.29, 0.717) is 32.0 Å². The molecule has 166 valence electrons. The van der Waals surface area contributed by atoms with Crippen LogP contribution in [0.4, 0.5) is 11.4 Å². The molecule has 2 N–H and O–H groups in total. The van der Waals surface area contributed by atoms with Gasteiger partial charge in [0.25, 0.3) is 5.69 Å². The molecule has 31 heavy (non-hydrogen) atoms. The number of para-hydroxylation sites is 2. The highest BCUT2D eigenvalue weighted by atomic mass is 16.6. The van der Waals surface area contributed by atoms with Gasteiger partial charge in [-0.05, 0) is 23.8 Å². The van der Waals surface area contributed by atoms with Crippen LogP contribution in [-0.2, 0) is 9.53 Å². The molecule has 1 saturated heterocycles. The van der Waals surface area contributed by atoms with Gasteiger partial charge in [0.05, 0.1) is 31.3 Å². The summed E-state index contributed by atoms with van der Waals surface area (Å²) in [6.45, 7) is 3.70. The average Bonchev–Trinajstić information content (AvgIpc) is 2.80. The van der Waals surface area contributed by atoms with Gasteiger partial charge >= 0.3 is 0 Å². The number of nitrogens with zero attached hydrogens (tertiary/aromatic N) is 2. The molecule has 0 bridgehead atoms. The Morgan fingerprint density at radius 1 is 1.19 bits per heavy atom. The zero-order valence-corrected chi connectivity index (χ0v) is 17.6. The molecule has 0 saturated carbocycles. The smallest absolute Gasteiger partial charge is 0.292 e. The number of nitro groups is 1. The van der Waals surface area contributed by atoms with Gasteiger partial charge in [0, 0.05) is 38.7 Å². The van der Waals surface area contributed by atoms with Gasteiger partial charge in [0.2, 0.25) is 5.91 Å². The maximum Gasteiger partial charge on any atom is 0.292 e. The monoisotopic (exact) mass is 428 g/mol. The van der Waals surface area contributed by atoms with Gasteiger partial charge in [-0.2, -0.15) is 0 Å². The van der Waals surface area contributed by atoms with Gasteiger partial charge in [0.15, 0.2) is 0 Å². The molecule has 1 fully saturated rings. The van der Waals surface area contributed by atoms with Crippen LogP contribution in [0.15, 0.2) is 48.5 Å². The molecule has 2 aromatic rings. The van der Waals surface area contributed by atoms with E-state index in [1.165, 1.54) is 6.07 Å². The van der Waals surface area contributed by atoms with Crippen LogP contribution >= 0.6 is 0 Å². The Kier molecular flexibility index (Phi) is 8.19. The first-order valence-corrected chi connectivity index (χ1v) is 10.3. The third-order valence-electron chi connectivity index (χ3n) is 5.25. The summed E-state index contributed by atoms with van der Waals surface area (Å²) >= 11 is 0. The molecule has 0 aromatic heterocycles. The number of carbonyl (C=O) groups is 1. The van der Waals surface area contributed by atoms with E-state index in [9.17, 15) is 14.9 Å². The maximum absolute atomic E-state index is 12.4. The van der Waals surface area contributed by atoms with Crippen molar-refractivity contribution in [2.24, 2.45) is 0 Å². The van der Waals surface area contributed by atoms with Crippen molar-refractivity contribution in [3.05, 3.63) is 64.2 Å². The van der Waals surface area contributed by atoms with Crippen LogP contribution in [0.2, 0.25) is 0 Å². The zero-order chi connectivity index (χ0) is 22.1. The van der Waals surface area contributed by atoms with Crippen molar-refractivity contribution in [3.63, 3.8) is 0 Å². The average molecular weight is 428 g/mol. The third-order valence-corrected chi connectivity index (χ3v) is 5.25. The molecule has 1 aliphatic rings. The molecule has 0 spiro atoms. The van der Waals surface area contributed by atoms with Crippen LogP contribution in [-0.4, -0.2) is 62.2 Å². The molecule has 1 aliphatic heterocycles. The van der Waals surface area contributed by atoms with E-state index in [0.717, 1.165) is 24.4 Å². The van der Waals surface area contributed by atoms with Crippen LogP contribution in [0.5, 0.6) is 5.75 Å². The lowest BCUT2D eigenvalue weighted by molar-refractivity contribution is -0.384. The van der Waals surface area contributed by atoms with Gasteiger partial charge in [-0.15, -0.1) is 0 Å². The molecule has 9 heteroatoms. The lowest BCUT2D eigenvalue weighted by Crippen LogP contribution is -2.44. The van der Waals surface area contributed by atoms with E-state index in [1.54, 1.807) is 25.3 Å². The Morgan fingerprint density at radius 3 is 2.58 bits per heavy atom. The highest BCUT2D eigenvalue weighted by Gasteiger charge is 2.23. The third kappa shape index (κ3) is 6.40. The fourth-order valence-electron chi connectivity index (χ4n) is 3.56. The predicted octanol–water partition coefficient (Wildman–Crippen LogP) is 2.60. The first kappa shape index (κ1) is 22.5. The summed E-state index contributed by atoms with van der Waals surface area (Å²) < 4.78 is 10.7. The summed E-state index contributed by atoms with van der Waals surface area (Å²) in [6.07, 6.45) is 0.213. The molecule has 1 heterocycles. The molecular weight excluding hydrogens is 400 g/mol. The minimum atomic E-state index is -0.440. The normalized spacial score (nSPS) is 15.1. The Labute approximate surface area is 181 Å². The zero-order valence-electron chi connectivity index (χ0n) is 17.6. The van der Waals surface area contributed by atoms with Crippen molar-refractivity contribution in [3.8, 4) is 5.75 Å². The number of anilines is 1. The van der Waals surface area contributed by atoms with Crippen molar-refractivity contribution in [2.45, 2.75) is 12.5 Å². The molecule has 0 radical (unpaired) electrons. The van der Waals surface area contributed by atoms with E-state index in [2.05, 4.69) is 15.5 Å². The topological polar surface area (TPSA) is 106 Å². The Morgan fingerprint density at radius 2 is 1.90 bits per heavy atom. The minimum Gasteiger partial charge on any atom is -0.497 e. The summed E-state index contributed by atoms with van der Waals surface area (Å²) in [7, 11) is 1.63. The number of methoxy groups -OCH3 is 1. The largest absolute Gasteiger partial charge is 0.497 e. The Bertz CT molecular complexity index is 868. The van der Waals surface area contributed by atoms with Crippen molar-refractivity contribution < 1.29 is 19.2 Å². The fraction of sp³-hybridized carbons (Fsp3) is 0.409. The number of amides is 1. The van der Waals surface area contributed by atoms with Gasteiger partial charge in [-0.3, -0.25) is 19.8 Å². The summed E-state index contributed by atoms with van der Waals surface area (Å²) in [6, 6.07) is 14.3. The molecule has 1 atom stereocenters. The fourth-order valence-corrected chi connectivity index (χ4v) is 3.56. The summed E-state index contributed by atoms with van der Waals surface area (Å²) in [5.74, 6) is 0.674. The summed E-state index contributed by atoms with van der Waals surface area (Å²) in [5, 5.41) is 17.1. The van der Waals surface area contributed by atoms with E-state index in [-0.39, 0.29) is 24.1 Å². The van der Waals surface area contributed by atoms with Crippen molar-refractivity contribution in [2.75, 3.05) is 51.8 Å². The standard InChI is InChI=1S/C22H28N4O5/c1-30-18-8-6-17(7-9-18)21(25-12-14-31-15-13-25)16-24-22(27)10-11-23-19-4-2-3-5-20(19)26(28)29/h2-9,21,23H,10-16H2,1H3,(H,24,27)/t21-/m1/s1. The predicted molar refractivity (Wildman–Crippen MR) is 117 cm³/mol. The number of morpholine rings is 1. The quantitative estimate of drug-likeness (QED) is 0.443. The van der Waals surface area contributed by atoms with E-state index in [1.807, 2.05) is 24.3 Å². The number of hydrogen-bond acceptors (Lipinski definition) is 7. The van der Waals surface area contributed by atoms with Crippen LogP contribution in [0.25, 0.3) is 0 Å². The van der Waals surface area contributed by atoms with Gasteiger partial charge < -0.3 is 20.1 Å². The van der Waals surface area contributed by atoms with Crippen LogP contribution in [0.1, 0.15) is 18.0 Å². The van der Waals surface area contributed by atoms with E-state index >= 15 is 0 Å². The number of carbonyl (C=O) groups excluding carboxylic acids is 1. The van der Waals surface area contributed by atoms with Crippen molar-refractivity contribution in [1.82, 2.24) is 10.2 Å². The molecule has 2 aromatic carbocycles. The number of nitro benzene ring substituents is 1. The molecule has 0 aliphatic carbocycles. The second kappa shape index (κ2) is 11.3. The van der Waals surface area contributed by atoms with Gasteiger partial charge in [0.1, 0.15) is 11.4 Å².